The normalized spacial score (nSPS) is 14.9. The van der Waals surface area contributed by atoms with Gasteiger partial charge in [0.2, 0.25) is 0 Å². The van der Waals surface area contributed by atoms with Gasteiger partial charge in [0.05, 0.1) is 23.0 Å². The van der Waals surface area contributed by atoms with Crippen LogP contribution in [0.4, 0.5) is 4.39 Å². The number of fused-ring (bicyclic) bond motifs is 1. The van der Waals surface area contributed by atoms with Crippen molar-refractivity contribution in [2.24, 2.45) is 7.05 Å². The molecule has 1 aromatic carbocycles. The minimum atomic E-state index is -0.770. The quantitative estimate of drug-likeness (QED) is 0.667. The zero-order valence-electron chi connectivity index (χ0n) is 15.6. The summed E-state index contributed by atoms with van der Waals surface area (Å²) in [6.07, 6.45) is 5.30. The van der Waals surface area contributed by atoms with Gasteiger partial charge in [-0.3, -0.25) is 14.0 Å². The molecule has 1 fully saturated rings. The monoisotopic (exact) mass is 406 g/mol. The van der Waals surface area contributed by atoms with Crippen LogP contribution >= 0.6 is 11.6 Å². The molecule has 0 atom stereocenters. The highest BCUT2D eigenvalue weighted by molar-refractivity contribution is 6.32. The largest absolute Gasteiger partial charge is 0.489 e. The fraction of sp³-hybridized carbons (Fsp3) is 0.421. The Morgan fingerprint density at radius 3 is 2.68 bits per heavy atom. The fourth-order valence-corrected chi connectivity index (χ4v) is 3.98. The molecule has 4 rings (SSSR count). The van der Waals surface area contributed by atoms with Gasteiger partial charge in [0.15, 0.2) is 0 Å². The van der Waals surface area contributed by atoms with Crippen LogP contribution in [0.1, 0.15) is 32.6 Å². The molecule has 0 saturated heterocycles. The third-order valence-electron chi connectivity index (χ3n) is 5.17. The molecule has 0 unspecified atom stereocenters. The number of hydrogen-bond donors (Lipinski definition) is 0. The number of aryl methyl sites for hydroxylation is 2. The van der Waals surface area contributed by atoms with Crippen molar-refractivity contribution in [2.45, 2.75) is 45.3 Å². The number of rotatable bonds is 4. The van der Waals surface area contributed by atoms with Gasteiger partial charge in [0.25, 0.3) is 5.56 Å². The molecule has 0 aliphatic heterocycles. The predicted molar refractivity (Wildman–Crippen MR) is 104 cm³/mol. The second-order valence-electron chi connectivity index (χ2n) is 6.93. The standard InChI is InChI=1S/C19H20ClFN4O3/c1-3-24-17-12(10-22-23(17)2)18(26)25(19(24)27)15-9-16(13(20)8-14(15)21)28-11-6-4-5-7-11/h8-11H,3-7H2,1-2H3. The van der Waals surface area contributed by atoms with Crippen molar-refractivity contribution in [1.82, 2.24) is 18.9 Å². The van der Waals surface area contributed by atoms with Crippen LogP contribution in [0.2, 0.25) is 5.02 Å². The smallest absolute Gasteiger partial charge is 0.337 e. The van der Waals surface area contributed by atoms with Crippen LogP contribution in [0.3, 0.4) is 0 Å². The first kappa shape index (κ1) is 18.7. The molecule has 7 nitrogen and oxygen atoms in total. The molecule has 3 aromatic rings. The van der Waals surface area contributed by atoms with Gasteiger partial charge >= 0.3 is 5.69 Å². The number of ether oxygens (including phenoxy) is 1. The Morgan fingerprint density at radius 1 is 1.29 bits per heavy atom. The van der Waals surface area contributed by atoms with Crippen molar-refractivity contribution in [1.29, 1.82) is 0 Å². The van der Waals surface area contributed by atoms with E-state index < -0.39 is 17.1 Å². The number of halogens is 2. The number of hydrogen-bond acceptors (Lipinski definition) is 4. The lowest BCUT2D eigenvalue weighted by molar-refractivity contribution is 0.210. The molecule has 0 spiro atoms. The van der Waals surface area contributed by atoms with Gasteiger partial charge in [-0.15, -0.1) is 0 Å². The zero-order chi connectivity index (χ0) is 20.0. The lowest BCUT2D eigenvalue weighted by Gasteiger charge is -2.17. The molecule has 0 amide bonds. The summed E-state index contributed by atoms with van der Waals surface area (Å²) >= 11 is 6.15. The van der Waals surface area contributed by atoms with E-state index in [9.17, 15) is 14.0 Å². The van der Waals surface area contributed by atoms with E-state index in [2.05, 4.69) is 5.10 Å². The Hall–Kier alpha value is -2.61. The van der Waals surface area contributed by atoms with Gasteiger partial charge in [-0.2, -0.15) is 5.10 Å². The molecule has 1 aliphatic rings. The van der Waals surface area contributed by atoms with Crippen LogP contribution in [-0.4, -0.2) is 25.0 Å². The molecule has 0 radical (unpaired) electrons. The number of aromatic nitrogens is 4. The molecule has 1 saturated carbocycles. The molecule has 28 heavy (non-hydrogen) atoms. The van der Waals surface area contributed by atoms with Crippen molar-refractivity contribution >= 4 is 22.6 Å². The molecular weight excluding hydrogens is 387 g/mol. The van der Waals surface area contributed by atoms with Crippen molar-refractivity contribution in [3.63, 3.8) is 0 Å². The summed E-state index contributed by atoms with van der Waals surface area (Å²) in [7, 11) is 1.65. The first-order chi connectivity index (χ1) is 13.4. The second kappa shape index (κ2) is 7.09. The lowest BCUT2D eigenvalue weighted by atomic mass is 10.2. The summed E-state index contributed by atoms with van der Waals surface area (Å²) in [5.41, 5.74) is -1.06. The van der Waals surface area contributed by atoms with Crippen LogP contribution in [0.5, 0.6) is 5.75 Å². The van der Waals surface area contributed by atoms with Crippen molar-refractivity contribution < 1.29 is 9.13 Å². The Balaban J connectivity index is 1.95. The third kappa shape index (κ3) is 2.92. The summed E-state index contributed by atoms with van der Waals surface area (Å²) in [6, 6.07) is 2.41. The highest BCUT2D eigenvalue weighted by Crippen LogP contribution is 2.32. The van der Waals surface area contributed by atoms with E-state index in [0.717, 1.165) is 36.3 Å². The van der Waals surface area contributed by atoms with Gasteiger partial charge in [0.1, 0.15) is 22.6 Å². The maximum Gasteiger partial charge on any atom is 0.337 e. The van der Waals surface area contributed by atoms with Crippen LogP contribution in [0, 0.1) is 5.82 Å². The van der Waals surface area contributed by atoms with Gasteiger partial charge in [0, 0.05) is 19.7 Å². The molecule has 9 heteroatoms. The number of nitrogens with zero attached hydrogens (tertiary/aromatic N) is 4. The van der Waals surface area contributed by atoms with Crippen LogP contribution in [0.15, 0.2) is 27.9 Å². The van der Waals surface area contributed by atoms with E-state index in [0.29, 0.717) is 12.2 Å². The molecule has 2 heterocycles. The van der Waals surface area contributed by atoms with Crippen LogP contribution < -0.4 is 16.0 Å². The molecular formula is C19H20ClFN4O3. The molecule has 2 aromatic heterocycles. The van der Waals surface area contributed by atoms with E-state index >= 15 is 0 Å². The molecule has 148 valence electrons. The maximum atomic E-state index is 14.8. The molecule has 0 bridgehead atoms. The Kier molecular flexibility index (Phi) is 4.74. The Morgan fingerprint density at radius 2 is 2.00 bits per heavy atom. The minimum Gasteiger partial charge on any atom is -0.489 e. The van der Waals surface area contributed by atoms with Crippen molar-refractivity contribution in [2.75, 3.05) is 0 Å². The highest BCUT2D eigenvalue weighted by atomic mass is 35.5. The van der Waals surface area contributed by atoms with Crippen LogP contribution in [-0.2, 0) is 13.6 Å². The van der Waals surface area contributed by atoms with Gasteiger partial charge in [-0.25, -0.2) is 13.8 Å². The maximum absolute atomic E-state index is 14.8. The van der Waals surface area contributed by atoms with Crippen molar-refractivity contribution in [3.8, 4) is 11.4 Å². The predicted octanol–water partition coefficient (Wildman–Crippen LogP) is 3.02. The average molecular weight is 407 g/mol. The van der Waals surface area contributed by atoms with Crippen molar-refractivity contribution in [3.05, 3.63) is 50.0 Å². The Bertz CT molecular complexity index is 1170. The summed E-state index contributed by atoms with van der Waals surface area (Å²) in [5.74, 6) is -0.500. The zero-order valence-corrected chi connectivity index (χ0v) is 16.4. The second-order valence-corrected chi connectivity index (χ2v) is 7.34. The first-order valence-electron chi connectivity index (χ1n) is 9.26. The third-order valence-corrected chi connectivity index (χ3v) is 5.47. The minimum absolute atomic E-state index is 0.000589. The Labute approximate surface area is 164 Å². The molecule has 0 N–H and O–H groups in total. The van der Waals surface area contributed by atoms with E-state index in [4.69, 9.17) is 16.3 Å². The topological polar surface area (TPSA) is 71.1 Å². The van der Waals surface area contributed by atoms with Crippen LogP contribution in [0.25, 0.3) is 16.7 Å². The van der Waals surface area contributed by atoms with E-state index in [1.165, 1.54) is 21.5 Å². The summed E-state index contributed by atoms with van der Waals surface area (Å²) in [4.78, 5) is 26.0. The SMILES string of the molecule is CCn1c(=O)n(-c2cc(OC3CCCC3)c(Cl)cc2F)c(=O)c2cnn(C)c21. The fourth-order valence-electron chi connectivity index (χ4n) is 3.78. The van der Waals surface area contributed by atoms with E-state index in [-0.39, 0.29) is 27.9 Å². The van der Waals surface area contributed by atoms with Gasteiger partial charge < -0.3 is 4.74 Å². The highest BCUT2D eigenvalue weighted by Gasteiger charge is 2.23. The summed E-state index contributed by atoms with van der Waals surface area (Å²) < 4.78 is 24.3. The van der Waals surface area contributed by atoms with Gasteiger partial charge in [-0.05, 0) is 38.7 Å². The average Bonchev–Trinajstić information content (AvgIpc) is 3.30. The lowest BCUT2D eigenvalue weighted by Crippen LogP contribution is -2.39. The van der Waals surface area contributed by atoms with E-state index in [1.54, 1.807) is 14.0 Å². The molecule has 1 aliphatic carbocycles. The van der Waals surface area contributed by atoms with Gasteiger partial charge in [-0.1, -0.05) is 11.6 Å². The van der Waals surface area contributed by atoms with E-state index in [1.807, 2.05) is 0 Å². The first-order valence-corrected chi connectivity index (χ1v) is 9.63. The summed E-state index contributed by atoms with van der Waals surface area (Å²) in [6.45, 7) is 2.07. The number of benzene rings is 1. The summed E-state index contributed by atoms with van der Waals surface area (Å²) in [5, 5.41) is 4.41.